The number of aromatic nitrogens is 1. The van der Waals surface area contributed by atoms with Gasteiger partial charge in [-0.15, -0.1) is 0 Å². The second-order valence-corrected chi connectivity index (χ2v) is 5.23. The van der Waals surface area contributed by atoms with Crippen LogP contribution in [0.4, 0.5) is 11.4 Å². The number of nitrogens with zero attached hydrogens (tertiary/aromatic N) is 1. The van der Waals surface area contributed by atoms with Gasteiger partial charge in [-0.25, -0.2) is 4.98 Å². The number of methoxy groups -OCH3 is 2. The normalized spacial score (nSPS) is 10.1. The lowest BCUT2D eigenvalue weighted by molar-refractivity contribution is 0.102. The zero-order chi connectivity index (χ0) is 17.4. The summed E-state index contributed by atoms with van der Waals surface area (Å²) < 4.78 is 10.4. The maximum Gasteiger partial charge on any atom is 0.274 e. The first-order valence-corrected chi connectivity index (χ1v) is 7.91. The molecule has 2 N–H and O–H groups in total. The molecule has 0 fully saturated rings. The molecule has 128 valence electrons. The fraction of sp³-hybridized carbons (Fsp3) is 0.333. The average Bonchev–Trinajstić information content (AvgIpc) is 2.62. The Morgan fingerprint density at radius 2 is 2.00 bits per heavy atom. The van der Waals surface area contributed by atoms with Crippen LogP contribution in [0.2, 0.25) is 0 Å². The van der Waals surface area contributed by atoms with Crippen LogP contribution in [0.1, 0.15) is 30.3 Å². The molecule has 0 atom stereocenters. The summed E-state index contributed by atoms with van der Waals surface area (Å²) in [5, 5.41) is 6.06. The molecule has 0 aliphatic heterocycles. The molecule has 0 unspecified atom stereocenters. The van der Waals surface area contributed by atoms with Crippen molar-refractivity contribution in [3.05, 3.63) is 42.2 Å². The quantitative estimate of drug-likeness (QED) is 0.725. The van der Waals surface area contributed by atoms with E-state index in [4.69, 9.17) is 9.47 Å². The highest BCUT2D eigenvalue weighted by atomic mass is 16.5. The van der Waals surface area contributed by atoms with E-state index in [1.165, 1.54) is 0 Å². The Bertz CT molecular complexity index is 672. The zero-order valence-electron chi connectivity index (χ0n) is 14.3. The van der Waals surface area contributed by atoms with Crippen molar-refractivity contribution in [3.63, 3.8) is 0 Å². The molecule has 2 rings (SSSR count). The van der Waals surface area contributed by atoms with E-state index in [9.17, 15) is 4.79 Å². The van der Waals surface area contributed by atoms with Gasteiger partial charge in [0, 0.05) is 12.6 Å². The fourth-order valence-corrected chi connectivity index (χ4v) is 2.13. The molecule has 0 saturated heterocycles. The molecular formula is C18H23N3O3. The largest absolute Gasteiger partial charge is 0.497 e. The Morgan fingerprint density at radius 3 is 2.62 bits per heavy atom. The highest BCUT2D eigenvalue weighted by Crippen LogP contribution is 2.29. The van der Waals surface area contributed by atoms with Gasteiger partial charge in [-0.3, -0.25) is 4.79 Å². The molecule has 24 heavy (non-hydrogen) atoms. The standard InChI is InChI=1S/C18H23N3O3/c1-4-5-10-19-13-6-8-16(20-12-13)18(22)21-15-9-7-14(23-2)11-17(15)24-3/h6-9,11-12,19H,4-5,10H2,1-3H3,(H,21,22). The van der Waals surface area contributed by atoms with Gasteiger partial charge in [0.2, 0.25) is 0 Å². The third-order valence-electron chi connectivity index (χ3n) is 3.51. The van der Waals surface area contributed by atoms with Crippen molar-refractivity contribution in [1.29, 1.82) is 0 Å². The molecular weight excluding hydrogens is 306 g/mol. The molecule has 1 amide bonds. The van der Waals surface area contributed by atoms with Crippen molar-refractivity contribution in [2.45, 2.75) is 19.8 Å². The third kappa shape index (κ3) is 4.62. The molecule has 1 heterocycles. The maximum absolute atomic E-state index is 12.3. The second kappa shape index (κ2) is 8.76. The van der Waals surface area contributed by atoms with E-state index in [1.54, 1.807) is 44.7 Å². The van der Waals surface area contributed by atoms with Crippen LogP contribution in [0, 0.1) is 0 Å². The van der Waals surface area contributed by atoms with E-state index in [-0.39, 0.29) is 5.91 Å². The van der Waals surface area contributed by atoms with Crippen LogP contribution < -0.4 is 20.1 Å². The van der Waals surface area contributed by atoms with Crippen LogP contribution in [0.3, 0.4) is 0 Å². The van der Waals surface area contributed by atoms with Gasteiger partial charge in [-0.2, -0.15) is 0 Å². The number of pyridine rings is 1. The maximum atomic E-state index is 12.3. The molecule has 0 aliphatic carbocycles. The smallest absolute Gasteiger partial charge is 0.274 e. The summed E-state index contributed by atoms with van der Waals surface area (Å²) in [6, 6.07) is 8.74. The SMILES string of the molecule is CCCCNc1ccc(C(=O)Nc2ccc(OC)cc2OC)nc1. The predicted octanol–water partition coefficient (Wildman–Crippen LogP) is 3.56. The highest BCUT2D eigenvalue weighted by Gasteiger charge is 2.12. The molecule has 6 nitrogen and oxygen atoms in total. The second-order valence-electron chi connectivity index (χ2n) is 5.23. The average molecular weight is 329 g/mol. The first-order valence-electron chi connectivity index (χ1n) is 7.91. The van der Waals surface area contributed by atoms with Gasteiger partial charge in [0.25, 0.3) is 5.91 Å². The van der Waals surface area contributed by atoms with E-state index in [0.717, 1.165) is 25.1 Å². The fourth-order valence-electron chi connectivity index (χ4n) is 2.13. The molecule has 2 aromatic rings. The van der Waals surface area contributed by atoms with Gasteiger partial charge in [0.15, 0.2) is 0 Å². The first kappa shape index (κ1) is 17.6. The Kier molecular flexibility index (Phi) is 6.42. The minimum atomic E-state index is -0.293. The number of ether oxygens (including phenoxy) is 2. The summed E-state index contributed by atoms with van der Waals surface area (Å²) in [6.07, 6.45) is 3.89. The minimum absolute atomic E-state index is 0.293. The Morgan fingerprint density at radius 1 is 1.17 bits per heavy atom. The number of carbonyl (C=O) groups is 1. The van der Waals surface area contributed by atoms with E-state index in [0.29, 0.717) is 22.9 Å². The van der Waals surface area contributed by atoms with Gasteiger partial charge < -0.3 is 20.1 Å². The zero-order valence-corrected chi connectivity index (χ0v) is 14.3. The number of amides is 1. The predicted molar refractivity (Wildman–Crippen MR) is 95.1 cm³/mol. The van der Waals surface area contributed by atoms with Gasteiger partial charge in [-0.1, -0.05) is 13.3 Å². The minimum Gasteiger partial charge on any atom is -0.497 e. The summed E-state index contributed by atoms with van der Waals surface area (Å²) >= 11 is 0. The van der Waals surface area contributed by atoms with Gasteiger partial charge in [-0.05, 0) is 30.7 Å². The molecule has 0 radical (unpaired) electrons. The Labute approximate surface area is 142 Å². The Hall–Kier alpha value is -2.76. The van der Waals surface area contributed by atoms with Crippen molar-refractivity contribution in [2.75, 3.05) is 31.4 Å². The summed E-state index contributed by atoms with van der Waals surface area (Å²) in [6.45, 7) is 3.04. The summed E-state index contributed by atoms with van der Waals surface area (Å²) in [7, 11) is 3.12. The lowest BCUT2D eigenvalue weighted by atomic mass is 10.2. The van der Waals surface area contributed by atoms with Gasteiger partial charge >= 0.3 is 0 Å². The summed E-state index contributed by atoms with van der Waals surface area (Å²) in [4.78, 5) is 16.5. The van der Waals surface area contributed by atoms with E-state index < -0.39 is 0 Å². The van der Waals surface area contributed by atoms with Crippen LogP contribution in [-0.2, 0) is 0 Å². The lowest BCUT2D eigenvalue weighted by Crippen LogP contribution is -2.14. The molecule has 1 aromatic heterocycles. The molecule has 1 aromatic carbocycles. The molecule has 0 bridgehead atoms. The molecule has 0 spiro atoms. The van der Waals surface area contributed by atoms with E-state index >= 15 is 0 Å². The van der Waals surface area contributed by atoms with Crippen molar-refractivity contribution in [2.24, 2.45) is 0 Å². The van der Waals surface area contributed by atoms with E-state index in [1.807, 2.05) is 6.07 Å². The number of rotatable bonds is 8. The third-order valence-corrected chi connectivity index (χ3v) is 3.51. The molecule has 0 aliphatic rings. The van der Waals surface area contributed by atoms with Crippen molar-refractivity contribution >= 4 is 17.3 Å². The molecule has 0 saturated carbocycles. The number of hydrogen-bond acceptors (Lipinski definition) is 5. The number of anilines is 2. The van der Waals surface area contributed by atoms with Crippen LogP contribution in [-0.4, -0.2) is 31.7 Å². The Balaban J connectivity index is 2.04. The van der Waals surface area contributed by atoms with Crippen LogP contribution in [0.25, 0.3) is 0 Å². The van der Waals surface area contributed by atoms with Crippen LogP contribution in [0.5, 0.6) is 11.5 Å². The van der Waals surface area contributed by atoms with Crippen molar-refractivity contribution in [1.82, 2.24) is 4.98 Å². The lowest BCUT2D eigenvalue weighted by Gasteiger charge is -2.11. The number of carbonyl (C=O) groups excluding carboxylic acids is 1. The van der Waals surface area contributed by atoms with Crippen LogP contribution in [0.15, 0.2) is 36.5 Å². The topological polar surface area (TPSA) is 72.5 Å². The van der Waals surface area contributed by atoms with E-state index in [2.05, 4.69) is 22.5 Å². The number of hydrogen-bond donors (Lipinski definition) is 2. The summed E-state index contributed by atoms with van der Waals surface area (Å²) in [5.41, 5.74) is 1.81. The summed E-state index contributed by atoms with van der Waals surface area (Å²) in [5.74, 6) is 0.893. The number of benzene rings is 1. The monoisotopic (exact) mass is 329 g/mol. The van der Waals surface area contributed by atoms with Gasteiger partial charge in [0.05, 0.1) is 31.8 Å². The highest BCUT2D eigenvalue weighted by molar-refractivity contribution is 6.03. The van der Waals surface area contributed by atoms with Gasteiger partial charge in [0.1, 0.15) is 17.2 Å². The van der Waals surface area contributed by atoms with Crippen molar-refractivity contribution < 1.29 is 14.3 Å². The number of nitrogens with one attached hydrogen (secondary N) is 2. The van der Waals surface area contributed by atoms with Crippen LogP contribution >= 0.6 is 0 Å². The number of unbranched alkanes of at least 4 members (excludes halogenated alkanes) is 1. The first-order chi connectivity index (χ1) is 11.7. The molecule has 6 heteroatoms. The van der Waals surface area contributed by atoms with Crippen molar-refractivity contribution in [3.8, 4) is 11.5 Å².